The lowest BCUT2D eigenvalue weighted by Crippen LogP contribution is -2.00. The molecular weight excluding hydrogens is 613 g/mol. The zero-order valence-electron chi connectivity index (χ0n) is 52.7. The highest BCUT2D eigenvalue weighted by molar-refractivity contribution is 6.18. The number of aromatic nitrogens is 4. The van der Waals surface area contributed by atoms with Crippen LogP contribution in [0.1, 0.15) is 38.4 Å². The van der Waals surface area contributed by atoms with E-state index >= 15 is 0 Å². The van der Waals surface area contributed by atoms with E-state index in [1.165, 1.54) is 0 Å². The summed E-state index contributed by atoms with van der Waals surface area (Å²) in [5.41, 5.74) is -7.17. The number of rotatable bonds is 5. The molecular formula is C45H28N4O. The highest BCUT2D eigenvalue weighted by Crippen LogP contribution is 2.42. The van der Waals surface area contributed by atoms with Crippen molar-refractivity contribution in [1.82, 2.24) is 19.5 Å². The fourth-order valence-electron chi connectivity index (χ4n) is 5.51. The average Bonchev–Trinajstić information content (AvgIpc) is 3.86. The number of fused-ring (bicyclic) bond motifs is 6. The molecule has 0 aliphatic carbocycles. The maximum Gasteiger partial charge on any atom is 0.164 e. The third-order valence-electron chi connectivity index (χ3n) is 7.55. The van der Waals surface area contributed by atoms with E-state index in [1.807, 2.05) is 0 Å². The van der Waals surface area contributed by atoms with E-state index in [4.69, 9.17) is 34.6 Å². The fraction of sp³-hybridized carbons (Fsp3) is 0. The van der Waals surface area contributed by atoms with E-state index in [0.717, 1.165) is 4.57 Å². The van der Waals surface area contributed by atoms with Crippen molar-refractivity contribution in [1.29, 1.82) is 0 Å². The highest BCUT2D eigenvalue weighted by Gasteiger charge is 2.21. The van der Waals surface area contributed by atoms with Crippen LogP contribution in [0.25, 0.3) is 94.7 Å². The zero-order valence-corrected chi connectivity index (χ0v) is 24.7. The molecule has 0 unspecified atom stereocenters. The Morgan fingerprint density at radius 2 is 0.960 bits per heavy atom. The average molecular weight is 669 g/mol. The third-order valence-corrected chi connectivity index (χ3v) is 7.55. The van der Waals surface area contributed by atoms with E-state index in [-0.39, 0.29) is 0 Å². The molecule has 0 spiro atoms. The lowest BCUT2D eigenvalue weighted by molar-refractivity contribution is 0.669. The molecule has 0 bridgehead atoms. The molecule has 234 valence electrons. The Morgan fingerprint density at radius 3 is 1.64 bits per heavy atom. The second-order valence-corrected chi connectivity index (χ2v) is 10.3. The van der Waals surface area contributed by atoms with Gasteiger partial charge in [0.2, 0.25) is 0 Å². The van der Waals surface area contributed by atoms with Crippen LogP contribution in [-0.2, 0) is 0 Å². The number of hydrogen-bond donors (Lipinski definition) is 0. The summed E-state index contributed by atoms with van der Waals surface area (Å²) >= 11 is 0. The molecule has 10 aromatic rings. The number of benzene rings is 7. The first-order valence-corrected chi connectivity index (χ1v) is 14.4. The van der Waals surface area contributed by atoms with Crippen LogP contribution in [-0.4, -0.2) is 19.5 Å². The summed E-state index contributed by atoms with van der Waals surface area (Å²) in [4.78, 5) is 12.8. The fourth-order valence-corrected chi connectivity index (χ4v) is 5.51. The lowest BCUT2D eigenvalue weighted by Gasteiger charge is -2.11. The van der Waals surface area contributed by atoms with Gasteiger partial charge in [-0.05, 0) is 53.4 Å². The number of furan rings is 1. The molecule has 3 heterocycles. The summed E-state index contributed by atoms with van der Waals surface area (Å²) in [6, 6.07) is -25.7. The molecule has 0 amide bonds. The molecule has 0 fully saturated rings. The van der Waals surface area contributed by atoms with Crippen LogP contribution in [0.4, 0.5) is 0 Å². The highest BCUT2D eigenvalue weighted by atomic mass is 16.3. The molecule has 0 atom stereocenters. The summed E-state index contributed by atoms with van der Waals surface area (Å²) in [6.07, 6.45) is 0. The van der Waals surface area contributed by atoms with Crippen molar-refractivity contribution in [3.05, 3.63) is 169 Å². The topological polar surface area (TPSA) is 56.7 Å². The second kappa shape index (κ2) is 11.4. The van der Waals surface area contributed by atoms with E-state index in [9.17, 15) is 8.22 Å². The Balaban J connectivity index is 1.45. The van der Waals surface area contributed by atoms with Crippen molar-refractivity contribution in [2.24, 2.45) is 0 Å². The van der Waals surface area contributed by atoms with Crippen LogP contribution in [0.3, 0.4) is 0 Å². The molecule has 0 aliphatic rings. The Bertz CT molecular complexity index is 4320. The van der Waals surface area contributed by atoms with Crippen LogP contribution < -0.4 is 0 Å². The molecule has 7 aromatic carbocycles. The van der Waals surface area contributed by atoms with Crippen molar-refractivity contribution in [3.8, 4) is 51.0 Å². The SMILES string of the molecule is [2H]c1c([2H])c([2H])c(-c2nc(-c3c([2H])c([2H])c([2H])c([2H])c3[2H])nc(-c3c([2H])c([2H])c4c(c3[2H])c3c([2H])c([2H])c([2H])c([2H])c3n4-c3c([2H])c([2H])c([2H])c4oc5c([2H])c([2H])c([2H])c(-c6c([2H])c([2H])c([2H])c([2H])c6[2H])c5c34)n2)c([2H])c1[2H]. The molecule has 3 aromatic heterocycles. The van der Waals surface area contributed by atoms with Crippen molar-refractivity contribution in [3.63, 3.8) is 0 Å². The van der Waals surface area contributed by atoms with Gasteiger partial charge in [-0.3, -0.25) is 0 Å². The maximum atomic E-state index is 9.92. The Kier molecular flexibility index (Phi) is 2.72. The van der Waals surface area contributed by atoms with Crippen LogP contribution in [0.2, 0.25) is 0 Å². The molecule has 0 saturated carbocycles. The Morgan fingerprint density at radius 1 is 0.420 bits per heavy atom. The monoisotopic (exact) mass is 668 g/mol. The van der Waals surface area contributed by atoms with Crippen molar-refractivity contribution < 1.29 is 42.8 Å². The Labute approximate surface area is 327 Å². The van der Waals surface area contributed by atoms with Gasteiger partial charge in [0.05, 0.1) is 60.5 Å². The quantitative estimate of drug-likeness (QED) is 0.183. The smallest absolute Gasteiger partial charge is 0.164 e. The van der Waals surface area contributed by atoms with Gasteiger partial charge in [-0.15, -0.1) is 0 Å². The number of nitrogens with zero attached hydrogens (tertiary/aromatic N) is 4. The summed E-state index contributed by atoms with van der Waals surface area (Å²) in [7, 11) is 0. The normalized spacial score (nSPS) is 19.4. The van der Waals surface area contributed by atoms with Crippen molar-refractivity contribution >= 4 is 43.7 Å². The van der Waals surface area contributed by atoms with Gasteiger partial charge in [-0.1, -0.05) is 127 Å². The van der Waals surface area contributed by atoms with Gasteiger partial charge in [-0.2, -0.15) is 0 Å². The molecule has 0 radical (unpaired) electrons. The first-order valence-electron chi connectivity index (χ1n) is 28.4. The summed E-state index contributed by atoms with van der Waals surface area (Å²) in [5, 5.41) is -2.42. The van der Waals surface area contributed by atoms with Gasteiger partial charge in [-0.25, -0.2) is 15.0 Å². The molecule has 5 heteroatoms. The predicted octanol–water partition coefficient (Wildman–Crippen LogP) is 11.5. The standard InChI is InChI=1S/C45H28N4O/c1-4-14-29(15-5-1)33-21-12-24-39-41(33)42-38(23-13-25-40(42)50-39)49-36-22-11-10-20-34(36)35-28-32(26-27-37(35)49)45-47-43(30-16-6-2-7-17-30)46-44(48-45)31-18-8-3-9-19-31/h1-28H/i1D,2D,3D,4D,5D,6D,7D,8D,9D,10D,11D,12D,13D,14D,15D,16D,17D,18D,19D,20D,21D,22D,23D,24D,25D,26D,27D,28D. The molecule has 10 rings (SSSR count). The molecule has 0 N–H and O–H groups in total. The van der Waals surface area contributed by atoms with E-state index < -0.39 is 264 Å². The van der Waals surface area contributed by atoms with Gasteiger partial charge >= 0.3 is 0 Å². The predicted molar refractivity (Wildman–Crippen MR) is 203 cm³/mol. The van der Waals surface area contributed by atoms with Gasteiger partial charge in [0, 0.05) is 32.8 Å². The number of para-hydroxylation sites is 1. The van der Waals surface area contributed by atoms with E-state index in [0.29, 0.717) is 0 Å². The minimum absolute atomic E-state index is 0.562. The lowest BCUT2D eigenvalue weighted by atomic mass is 9.99. The van der Waals surface area contributed by atoms with E-state index in [1.54, 1.807) is 0 Å². The Hall–Kier alpha value is -6.85. The zero-order chi connectivity index (χ0) is 57.4. The van der Waals surface area contributed by atoms with Crippen LogP contribution in [0.5, 0.6) is 0 Å². The maximum absolute atomic E-state index is 9.92. The molecule has 5 nitrogen and oxygen atoms in total. The first-order chi connectivity index (χ1) is 36.4. The molecule has 0 saturated heterocycles. The van der Waals surface area contributed by atoms with Gasteiger partial charge in [0.15, 0.2) is 17.5 Å². The van der Waals surface area contributed by atoms with Crippen LogP contribution >= 0.6 is 0 Å². The minimum atomic E-state index is -1.05. The first kappa shape index (κ1) is 11.9. The van der Waals surface area contributed by atoms with Crippen LogP contribution in [0.15, 0.2) is 174 Å². The minimum Gasteiger partial charge on any atom is -0.456 e. The summed E-state index contributed by atoms with van der Waals surface area (Å²) in [5.74, 6) is -2.53. The molecule has 0 aliphatic heterocycles. The van der Waals surface area contributed by atoms with Crippen LogP contribution in [0, 0.1) is 0 Å². The third kappa shape index (κ3) is 4.52. The van der Waals surface area contributed by atoms with Gasteiger partial charge in [0.1, 0.15) is 11.2 Å². The van der Waals surface area contributed by atoms with Gasteiger partial charge in [0.25, 0.3) is 0 Å². The largest absolute Gasteiger partial charge is 0.456 e. The second-order valence-electron chi connectivity index (χ2n) is 10.3. The summed E-state index contributed by atoms with van der Waals surface area (Å²) in [6.45, 7) is 0. The van der Waals surface area contributed by atoms with Crippen molar-refractivity contribution in [2.75, 3.05) is 0 Å². The summed E-state index contributed by atoms with van der Waals surface area (Å²) < 4.78 is 254. The molecule has 50 heavy (non-hydrogen) atoms. The van der Waals surface area contributed by atoms with Gasteiger partial charge < -0.3 is 8.98 Å². The van der Waals surface area contributed by atoms with Crippen molar-refractivity contribution in [2.45, 2.75) is 0 Å². The van der Waals surface area contributed by atoms with E-state index in [2.05, 4.69) is 15.0 Å². The number of hydrogen-bond acceptors (Lipinski definition) is 4.